The lowest BCUT2D eigenvalue weighted by Gasteiger charge is -2.15. The zero-order valence-electron chi connectivity index (χ0n) is 12.3. The third-order valence-electron chi connectivity index (χ3n) is 4.04. The summed E-state index contributed by atoms with van der Waals surface area (Å²) in [5.74, 6) is 0.656. The molecule has 1 heteroatoms. The first-order valence-corrected chi connectivity index (χ1v) is 7.67. The molecule has 106 valence electrons. The SMILES string of the molecule is CC(CCCC1=CC=C(C=O)CC=C1)C1=CCCC=C1. The Kier molecular flexibility index (Phi) is 5.79. The van der Waals surface area contributed by atoms with Crippen LogP contribution in [0, 0.1) is 5.92 Å². The Hall–Kier alpha value is -1.63. The van der Waals surface area contributed by atoms with Gasteiger partial charge in [-0.25, -0.2) is 0 Å². The number of hydrogen-bond acceptors (Lipinski definition) is 1. The van der Waals surface area contributed by atoms with Crippen LogP contribution in [0.15, 0.2) is 59.3 Å². The van der Waals surface area contributed by atoms with Crippen LogP contribution in [0.25, 0.3) is 0 Å². The summed E-state index contributed by atoms with van der Waals surface area (Å²) in [6, 6.07) is 0. The van der Waals surface area contributed by atoms with Gasteiger partial charge in [0.1, 0.15) is 6.29 Å². The van der Waals surface area contributed by atoms with E-state index in [1.807, 2.05) is 6.08 Å². The molecule has 0 aromatic rings. The highest BCUT2D eigenvalue weighted by molar-refractivity contribution is 5.74. The van der Waals surface area contributed by atoms with Crippen LogP contribution >= 0.6 is 0 Å². The first-order chi connectivity index (χ1) is 9.79. The Morgan fingerprint density at radius 1 is 1.20 bits per heavy atom. The minimum Gasteiger partial charge on any atom is -0.298 e. The molecule has 0 spiro atoms. The molecule has 1 nitrogen and oxygen atoms in total. The van der Waals surface area contributed by atoms with Crippen molar-refractivity contribution in [2.24, 2.45) is 5.92 Å². The summed E-state index contributed by atoms with van der Waals surface area (Å²) in [6.07, 6.45) is 22.9. The highest BCUT2D eigenvalue weighted by Crippen LogP contribution is 2.24. The number of carbonyl (C=O) groups excluding carboxylic acids is 1. The molecule has 0 aromatic carbocycles. The summed E-state index contributed by atoms with van der Waals surface area (Å²) in [5.41, 5.74) is 3.70. The zero-order valence-corrected chi connectivity index (χ0v) is 12.3. The third kappa shape index (κ3) is 4.48. The predicted molar refractivity (Wildman–Crippen MR) is 85.5 cm³/mol. The average molecular weight is 268 g/mol. The molecule has 0 radical (unpaired) electrons. The van der Waals surface area contributed by atoms with E-state index < -0.39 is 0 Å². The first-order valence-electron chi connectivity index (χ1n) is 7.67. The van der Waals surface area contributed by atoms with Crippen molar-refractivity contribution in [3.63, 3.8) is 0 Å². The summed E-state index contributed by atoms with van der Waals surface area (Å²) in [4.78, 5) is 10.8. The fraction of sp³-hybridized carbons (Fsp3) is 0.421. The Labute approximate surface area is 122 Å². The van der Waals surface area contributed by atoms with Gasteiger partial charge in [-0.05, 0) is 61.2 Å². The molecule has 0 heterocycles. The highest BCUT2D eigenvalue weighted by Gasteiger charge is 2.08. The van der Waals surface area contributed by atoms with E-state index in [9.17, 15) is 4.79 Å². The number of aldehydes is 1. The van der Waals surface area contributed by atoms with Crippen LogP contribution in [0.1, 0.15) is 45.4 Å². The second kappa shape index (κ2) is 7.84. The van der Waals surface area contributed by atoms with Crippen LogP contribution in [0.5, 0.6) is 0 Å². The highest BCUT2D eigenvalue weighted by atomic mass is 16.1. The van der Waals surface area contributed by atoms with Crippen LogP contribution in [-0.2, 0) is 4.79 Å². The van der Waals surface area contributed by atoms with E-state index in [4.69, 9.17) is 0 Å². The van der Waals surface area contributed by atoms with Gasteiger partial charge in [0.15, 0.2) is 0 Å². The van der Waals surface area contributed by atoms with Crippen molar-refractivity contribution < 1.29 is 4.79 Å². The van der Waals surface area contributed by atoms with E-state index in [1.54, 1.807) is 0 Å². The van der Waals surface area contributed by atoms with Crippen molar-refractivity contribution in [3.8, 4) is 0 Å². The van der Waals surface area contributed by atoms with E-state index in [0.29, 0.717) is 5.92 Å². The topological polar surface area (TPSA) is 17.1 Å². The minimum absolute atomic E-state index is 0.656. The van der Waals surface area contributed by atoms with Gasteiger partial charge in [0, 0.05) is 0 Å². The van der Waals surface area contributed by atoms with E-state index in [-0.39, 0.29) is 0 Å². The molecular weight excluding hydrogens is 244 g/mol. The van der Waals surface area contributed by atoms with Crippen molar-refractivity contribution in [1.29, 1.82) is 0 Å². The van der Waals surface area contributed by atoms with Gasteiger partial charge in [0.05, 0.1) is 0 Å². The quantitative estimate of drug-likeness (QED) is 0.614. The molecular formula is C19H24O. The number of hydrogen-bond donors (Lipinski definition) is 0. The molecule has 20 heavy (non-hydrogen) atoms. The molecule has 0 saturated heterocycles. The summed E-state index contributed by atoms with van der Waals surface area (Å²) < 4.78 is 0. The van der Waals surface area contributed by atoms with Crippen molar-refractivity contribution in [1.82, 2.24) is 0 Å². The molecule has 1 atom stereocenters. The van der Waals surface area contributed by atoms with Crippen LogP contribution in [-0.4, -0.2) is 6.29 Å². The van der Waals surface area contributed by atoms with Crippen molar-refractivity contribution >= 4 is 6.29 Å². The molecule has 2 aliphatic rings. The molecule has 0 aliphatic heterocycles. The van der Waals surface area contributed by atoms with E-state index in [0.717, 1.165) is 24.7 Å². The average Bonchev–Trinajstić information content (AvgIpc) is 2.73. The molecule has 0 amide bonds. The lowest BCUT2D eigenvalue weighted by Crippen LogP contribution is -2.00. The smallest absolute Gasteiger partial charge is 0.146 e. The Balaban J connectivity index is 1.79. The predicted octanol–water partition coefficient (Wildman–Crippen LogP) is 5.08. The maximum atomic E-state index is 10.8. The fourth-order valence-corrected chi connectivity index (χ4v) is 2.72. The van der Waals surface area contributed by atoms with E-state index in [1.165, 1.54) is 36.8 Å². The number of carbonyl (C=O) groups is 1. The van der Waals surface area contributed by atoms with E-state index >= 15 is 0 Å². The van der Waals surface area contributed by atoms with Gasteiger partial charge in [-0.2, -0.15) is 0 Å². The molecule has 0 saturated carbocycles. The van der Waals surface area contributed by atoms with Gasteiger partial charge < -0.3 is 0 Å². The molecule has 2 rings (SSSR count). The Bertz CT molecular complexity index is 486. The lowest BCUT2D eigenvalue weighted by atomic mass is 9.90. The molecule has 2 aliphatic carbocycles. The van der Waals surface area contributed by atoms with Crippen LogP contribution in [0.2, 0.25) is 0 Å². The lowest BCUT2D eigenvalue weighted by molar-refractivity contribution is -0.104. The van der Waals surface area contributed by atoms with Gasteiger partial charge in [-0.15, -0.1) is 0 Å². The molecule has 0 aromatic heterocycles. The monoisotopic (exact) mass is 268 g/mol. The van der Waals surface area contributed by atoms with Gasteiger partial charge in [0.2, 0.25) is 0 Å². The maximum Gasteiger partial charge on any atom is 0.146 e. The van der Waals surface area contributed by atoms with Gasteiger partial charge in [-0.3, -0.25) is 4.79 Å². The number of rotatable bonds is 6. The minimum atomic E-state index is 0.656. The maximum absolute atomic E-state index is 10.8. The largest absolute Gasteiger partial charge is 0.298 e. The van der Waals surface area contributed by atoms with Gasteiger partial charge in [0.25, 0.3) is 0 Å². The van der Waals surface area contributed by atoms with Crippen LogP contribution < -0.4 is 0 Å². The summed E-state index contributed by atoms with van der Waals surface area (Å²) in [5, 5.41) is 0. The fourth-order valence-electron chi connectivity index (χ4n) is 2.72. The molecule has 0 bridgehead atoms. The second-order valence-electron chi connectivity index (χ2n) is 5.68. The van der Waals surface area contributed by atoms with Gasteiger partial charge >= 0.3 is 0 Å². The normalized spacial score (nSPS) is 19.8. The standard InChI is InChI=1S/C19H24O/c1-16(19-11-3-2-4-12-19)7-5-8-17-9-6-10-18(15-20)14-13-17/h3,6,9,11-16H,2,4-5,7-8,10H2,1H3. The van der Waals surface area contributed by atoms with Crippen molar-refractivity contribution in [3.05, 3.63) is 59.3 Å². The zero-order chi connectivity index (χ0) is 14.2. The second-order valence-corrected chi connectivity index (χ2v) is 5.68. The number of allylic oxidation sites excluding steroid dienone is 10. The summed E-state index contributed by atoms with van der Waals surface area (Å²) in [6.45, 7) is 2.32. The van der Waals surface area contributed by atoms with Crippen molar-refractivity contribution in [2.75, 3.05) is 0 Å². The van der Waals surface area contributed by atoms with Crippen LogP contribution in [0.3, 0.4) is 0 Å². The summed E-state index contributed by atoms with van der Waals surface area (Å²) >= 11 is 0. The molecule has 1 unspecified atom stereocenters. The molecule has 0 N–H and O–H groups in total. The molecule has 0 fully saturated rings. The third-order valence-corrected chi connectivity index (χ3v) is 4.04. The Morgan fingerprint density at radius 2 is 2.10 bits per heavy atom. The van der Waals surface area contributed by atoms with Gasteiger partial charge in [-0.1, -0.05) is 49.5 Å². The van der Waals surface area contributed by atoms with Crippen molar-refractivity contribution in [2.45, 2.75) is 45.4 Å². The van der Waals surface area contributed by atoms with Crippen LogP contribution in [0.4, 0.5) is 0 Å². The first kappa shape index (κ1) is 14.8. The van der Waals surface area contributed by atoms with E-state index in [2.05, 4.69) is 43.4 Å². The Morgan fingerprint density at radius 3 is 2.85 bits per heavy atom. The summed E-state index contributed by atoms with van der Waals surface area (Å²) in [7, 11) is 0.